The van der Waals surface area contributed by atoms with Crippen molar-refractivity contribution in [3.8, 4) is 22.4 Å². The van der Waals surface area contributed by atoms with Crippen molar-refractivity contribution in [2.75, 3.05) is 12.4 Å². The van der Waals surface area contributed by atoms with E-state index in [4.69, 9.17) is 10.1 Å². The summed E-state index contributed by atoms with van der Waals surface area (Å²) in [6.45, 7) is 4.07. The van der Waals surface area contributed by atoms with Crippen LogP contribution in [0, 0.1) is 5.82 Å². The minimum atomic E-state index is -1.17. The number of aliphatic hydroxyl groups excluding tert-OH is 2. The lowest BCUT2D eigenvalue weighted by Crippen LogP contribution is -2.19. The van der Waals surface area contributed by atoms with Gasteiger partial charge in [0, 0.05) is 30.8 Å². The van der Waals surface area contributed by atoms with Crippen LogP contribution >= 0.6 is 0 Å². The van der Waals surface area contributed by atoms with E-state index in [9.17, 15) is 19.4 Å². The van der Waals surface area contributed by atoms with Crippen molar-refractivity contribution in [2.24, 2.45) is 0 Å². The second-order valence-electron chi connectivity index (χ2n) is 9.85. The third-order valence-electron chi connectivity index (χ3n) is 6.64. The molecule has 0 bridgehead atoms. The number of aliphatic hydroxyl groups is 2. The van der Waals surface area contributed by atoms with Gasteiger partial charge in [0.2, 0.25) is 5.95 Å². The highest BCUT2D eigenvalue weighted by Gasteiger charge is 2.26. The number of nitrogens with one attached hydrogen (secondary N) is 1. The Morgan fingerprint density at radius 3 is 2.55 bits per heavy atom. The molecule has 0 unspecified atom stereocenters. The molecule has 1 aliphatic rings. The van der Waals surface area contributed by atoms with Gasteiger partial charge in [0.1, 0.15) is 5.82 Å². The fourth-order valence-electron chi connectivity index (χ4n) is 4.89. The summed E-state index contributed by atoms with van der Waals surface area (Å²) in [5.41, 5.74) is 6.91. The van der Waals surface area contributed by atoms with Crippen LogP contribution < -0.4 is 5.32 Å². The number of halogens is 1. The van der Waals surface area contributed by atoms with E-state index in [0.717, 1.165) is 64.2 Å². The van der Waals surface area contributed by atoms with Gasteiger partial charge < -0.3 is 20.6 Å². The number of pyridine rings is 1. The zero-order chi connectivity index (χ0) is 27.4. The summed E-state index contributed by atoms with van der Waals surface area (Å²) < 4.78 is 13.9. The van der Waals surface area contributed by atoms with Gasteiger partial charge in [-0.3, -0.25) is 9.78 Å². The molecule has 2 aromatic heterocycles. The SMILES string of the molecule is CNc1ncc2c(n1)CCCc1c-2nc(C(C)C)c(/C=C/[C@@H](O)C[C@@H](O)CC(=O)O)c1-c1ccc(F)cc1. The molecule has 3 aromatic rings. The molecule has 9 heteroatoms. The fourth-order valence-corrected chi connectivity index (χ4v) is 4.89. The van der Waals surface area contributed by atoms with Crippen LogP contribution in [0.25, 0.3) is 28.5 Å². The van der Waals surface area contributed by atoms with Crippen molar-refractivity contribution in [1.82, 2.24) is 15.0 Å². The number of nitrogens with zero attached hydrogens (tertiary/aromatic N) is 3. The second-order valence-corrected chi connectivity index (χ2v) is 9.85. The number of carboxylic acid groups (broad SMARTS) is 1. The molecule has 0 fully saturated rings. The van der Waals surface area contributed by atoms with Crippen molar-refractivity contribution < 1.29 is 24.5 Å². The van der Waals surface area contributed by atoms with Gasteiger partial charge in [0.25, 0.3) is 0 Å². The number of hydrogen-bond acceptors (Lipinski definition) is 7. The topological polar surface area (TPSA) is 128 Å². The van der Waals surface area contributed by atoms with Crippen LogP contribution in [-0.4, -0.2) is 55.5 Å². The molecule has 0 aliphatic heterocycles. The van der Waals surface area contributed by atoms with Crippen LogP contribution in [0.4, 0.5) is 10.3 Å². The third kappa shape index (κ3) is 6.06. The summed E-state index contributed by atoms with van der Waals surface area (Å²) >= 11 is 0. The van der Waals surface area contributed by atoms with E-state index in [1.807, 2.05) is 13.8 Å². The standard InChI is InChI=1S/C29H33FN4O4/c1-16(2)27-22(12-11-19(35)13-20(36)14-25(37)38)26(17-7-9-18(30)10-8-17)21-5-4-6-24-23(28(21)34-27)15-32-29(31-3)33-24/h7-12,15-16,19-20,35-36H,4-6,13-14H2,1-3H3,(H,37,38)(H,31,32,33)/b12-11+/t19-,20-/m1/s1. The highest BCUT2D eigenvalue weighted by molar-refractivity contribution is 5.85. The van der Waals surface area contributed by atoms with Crippen LogP contribution in [0.15, 0.2) is 36.5 Å². The third-order valence-corrected chi connectivity index (χ3v) is 6.64. The Morgan fingerprint density at radius 2 is 1.89 bits per heavy atom. The van der Waals surface area contributed by atoms with Gasteiger partial charge in [-0.2, -0.15) is 0 Å². The van der Waals surface area contributed by atoms with E-state index in [0.29, 0.717) is 5.95 Å². The van der Waals surface area contributed by atoms with E-state index in [1.54, 1.807) is 37.5 Å². The molecular formula is C29H33FN4O4. The number of fused-ring (bicyclic) bond motifs is 3. The maximum atomic E-state index is 13.9. The Labute approximate surface area is 221 Å². The van der Waals surface area contributed by atoms with Crippen molar-refractivity contribution in [2.45, 2.75) is 64.1 Å². The monoisotopic (exact) mass is 520 g/mol. The van der Waals surface area contributed by atoms with Gasteiger partial charge in [0.15, 0.2) is 0 Å². The first-order chi connectivity index (χ1) is 18.2. The molecule has 1 aromatic carbocycles. The average Bonchev–Trinajstić information content (AvgIpc) is 3.05. The van der Waals surface area contributed by atoms with E-state index >= 15 is 0 Å². The normalized spacial score (nSPS) is 14.6. The van der Waals surface area contributed by atoms with Gasteiger partial charge in [-0.25, -0.2) is 14.4 Å². The predicted molar refractivity (Wildman–Crippen MR) is 144 cm³/mol. The summed E-state index contributed by atoms with van der Waals surface area (Å²) in [6, 6.07) is 6.33. The molecule has 0 spiro atoms. The van der Waals surface area contributed by atoms with Crippen molar-refractivity contribution in [3.05, 3.63) is 64.9 Å². The summed E-state index contributed by atoms with van der Waals surface area (Å²) in [5.74, 6) is -0.904. The number of carbonyl (C=O) groups is 1. The van der Waals surface area contributed by atoms with Crippen molar-refractivity contribution >= 4 is 18.0 Å². The molecule has 0 amide bonds. The number of carboxylic acids is 1. The Bertz CT molecular complexity index is 1340. The highest BCUT2D eigenvalue weighted by Crippen LogP contribution is 2.41. The summed E-state index contributed by atoms with van der Waals surface area (Å²) in [7, 11) is 1.78. The number of anilines is 1. The van der Waals surface area contributed by atoms with Gasteiger partial charge in [-0.1, -0.05) is 38.1 Å². The lowest BCUT2D eigenvalue weighted by atomic mass is 9.87. The molecule has 2 heterocycles. The number of aromatic nitrogens is 3. The molecule has 0 saturated heterocycles. The Hall–Kier alpha value is -3.69. The van der Waals surface area contributed by atoms with Crippen LogP contribution in [0.1, 0.15) is 61.5 Å². The molecule has 200 valence electrons. The smallest absolute Gasteiger partial charge is 0.305 e. The molecule has 8 nitrogen and oxygen atoms in total. The maximum absolute atomic E-state index is 13.9. The zero-order valence-corrected chi connectivity index (χ0v) is 21.8. The summed E-state index contributed by atoms with van der Waals surface area (Å²) in [5, 5.41) is 32.4. The maximum Gasteiger partial charge on any atom is 0.305 e. The molecule has 2 atom stereocenters. The lowest BCUT2D eigenvalue weighted by Gasteiger charge is -2.22. The first-order valence-electron chi connectivity index (χ1n) is 12.8. The number of benzene rings is 1. The van der Waals surface area contributed by atoms with Gasteiger partial charge in [-0.05, 0) is 54.0 Å². The Kier molecular flexibility index (Phi) is 8.48. The largest absolute Gasteiger partial charge is 0.481 e. The first kappa shape index (κ1) is 27.3. The van der Waals surface area contributed by atoms with Crippen molar-refractivity contribution in [3.63, 3.8) is 0 Å². The second kappa shape index (κ2) is 11.8. The van der Waals surface area contributed by atoms with Gasteiger partial charge in [-0.15, -0.1) is 0 Å². The first-order valence-corrected chi connectivity index (χ1v) is 12.8. The van der Waals surface area contributed by atoms with Gasteiger partial charge >= 0.3 is 5.97 Å². The molecule has 0 radical (unpaired) electrons. The van der Waals surface area contributed by atoms with Crippen molar-refractivity contribution in [1.29, 1.82) is 0 Å². The minimum Gasteiger partial charge on any atom is -0.481 e. The van der Waals surface area contributed by atoms with Gasteiger partial charge in [0.05, 0.1) is 35.7 Å². The van der Waals surface area contributed by atoms with E-state index in [2.05, 4.69) is 15.3 Å². The molecule has 38 heavy (non-hydrogen) atoms. The number of rotatable bonds is 9. The lowest BCUT2D eigenvalue weighted by molar-refractivity contribution is -0.139. The van der Waals surface area contributed by atoms with E-state index in [1.165, 1.54) is 12.1 Å². The molecular weight excluding hydrogens is 487 g/mol. The van der Waals surface area contributed by atoms with Crippen LogP contribution in [-0.2, 0) is 17.6 Å². The fraction of sp³-hybridized carbons (Fsp3) is 0.379. The Balaban J connectivity index is 1.91. The summed E-state index contributed by atoms with van der Waals surface area (Å²) in [6.07, 6.45) is 4.68. The molecule has 0 saturated carbocycles. The molecule has 1 aliphatic carbocycles. The predicted octanol–water partition coefficient (Wildman–Crippen LogP) is 4.60. The number of aliphatic carboxylic acids is 1. The summed E-state index contributed by atoms with van der Waals surface area (Å²) in [4.78, 5) is 25.1. The molecule has 4 N–H and O–H groups in total. The Morgan fingerprint density at radius 1 is 1.16 bits per heavy atom. The average molecular weight is 521 g/mol. The number of hydrogen-bond donors (Lipinski definition) is 4. The molecule has 4 rings (SSSR count). The highest BCUT2D eigenvalue weighted by atomic mass is 19.1. The van der Waals surface area contributed by atoms with E-state index < -0.39 is 24.6 Å². The van der Waals surface area contributed by atoms with Crippen LogP contribution in [0.2, 0.25) is 0 Å². The van der Waals surface area contributed by atoms with Crippen LogP contribution in [0.5, 0.6) is 0 Å². The zero-order valence-electron chi connectivity index (χ0n) is 21.8. The van der Waals surface area contributed by atoms with Crippen LogP contribution in [0.3, 0.4) is 0 Å². The quantitative estimate of drug-likeness (QED) is 0.322. The van der Waals surface area contributed by atoms with E-state index in [-0.39, 0.29) is 18.2 Å². The number of aryl methyl sites for hydroxylation is 1. The minimum absolute atomic E-state index is 0.0121.